The molecule has 0 saturated heterocycles. The second-order valence-corrected chi connectivity index (χ2v) is 7.69. The molecule has 4 rings (SSSR count). The lowest BCUT2D eigenvalue weighted by atomic mass is 10.0. The first-order valence-corrected chi connectivity index (χ1v) is 9.97. The molecule has 3 heteroatoms. The number of hydrogen-bond donors (Lipinski definition) is 0. The van der Waals surface area contributed by atoms with Gasteiger partial charge in [-0.1, -0.05) is 61.9 Å². The first-order valence-electron chi connectivity index (χ1n) is 9.15. The molecule has 0 aliphatic rings. The molecule has 1 heterocycles. The summed E-state index contributed by atoms with van der Waals surface area (Å²) in [4.78, 5) is 1.06. The minimum absolute atomic E-state index is 0.282. The summed E-state index contributed by atoms with van der Waals surface area (Å²) in [6.45, 7) is 2.20. The number of benzene rings is 3. The first kappa shape index (κ1) is 17.7. The summed E-state index contributed by atoms with van der Waals surface area (Å²) in [5.41, 5.74) is 4.88. The quantitative estimate of drug-likeness (QED) is 0.354. The predicted molar refractivity (Wildman–Crippen MR) is 113 cm³/mol. The minimum atomic E-state index is -0.282. The van der Waals surface area contributed by atoms with Gasteiger partial charge in [0.05, 0.1) is 11.8 Å². The number of rotatable bonds is 5. The van der Waals surface area contributed by atoms with E-state index in [9.17, 15) is 4.39 Å². The van der Waals surface area contributed by atoms with Crippen LogP contribution < -0.4 is 4.74 Å². The average Bonchev–Trinajstić information content (AvgIpc) is 3.15. The van der Waals surface area contributed by atoms with Crippen molar-refractivity contribution in [3.05, 3.63) is 78.1 Å². The van der Waals surface area contributed by atoms with Gasteiger partial charge in [-0.15, -0.1) is 11.3 Å². The van der Waals surface area contributed by atoms with Crippen LogP contribution in [0.2, 0.25) is 0 Å². The van der Waals surface area contributed by atoms with Gasteiger partial charge in [0.25, 0.3) is 0 Å². The molecular formula is C24H21FOS. The highest BCUT2D eigenvalue weighted by Crippen LogP contribution is 2.38. The SMILES string of the molecule is CCCc1ccc(-c2ccc(-c3cc4ccc(OC)c(F)c4s3)cc2)cc1. The third kappa shape index (κ3) is 3.47. The Morgan fingerprint density at radius 3 is 2.11 bits per heavy atom. The molecule has 0 saturated carbocycles. The number of methoxy groups -OCH3 is 1. The van der Waals surface area contributed by atoms with E-state index < -0.39 is 0 Å². The Morgan fingerprint density at radius 1 is 0.852 bits per heavy atom. The molecule has 0 atom stereocenters. The number of aryl methyl sites for hydroxylation is 1. The highest BCUT2D eigenvalue weighted by atomic mass is 32.1. The van der Waals surface area contributed by atoms with E-state index in [1.54, 1.807) is 6.07 Å². The molecule has 0 N–H and O–H groups in total. The molecule has 0 aliphatic carbocycles. The third-order valence-electron chi connectivity index (χ3n) is 4.81. The first-order chi connectivity index (χ1) is 13.2. The average molecular weight is 376 g/mol. The van der Waals surface area contributed by atoms with E-state index in [2.05, 4.69) is 55.5 Å². The Morgan fingerprint density at radius 2 is 1.48 bits per heavy atom. The van der Waals surface area contributed by atoms with E-state index in [1.807, 2.05) is 12.1 Å². The van der Waals surface area contributed by atoms with Crippen LogP contribution in [0.1, 0.15) is 18.9 Å². The largest absolute Gasteiger partial charge is 0.494 e. The van der Waals surface area contributed by atoms with Gasteiger partial charge in [0.1, 0.15) is 0 Å². The van der Waals surface area contributed by atoms with Crippen LogP contribution in [0.15, 0.2) is 66.7 Å². The summed E-state index contributed by atoms with van der Waals surface area (Å²) in [6, 6.07) is 22.9. The van der Waals surface area contributed by atoms with Crippen molar-refractivity contribution in [2.24, 2.45) is 0 Å². The Labute approximate surface area is 163 Å². The van der Waals surface area contributed by atoms with Crippen LogP contribution in [0.4, 0.5) is 4.39 Å². The van der Waals surface area contributed by atoms with Gasteiger partial charge >= 0.3 is 0 Å². The predicted octanol–water partition coefficient (Wildman–Crippen LogP) is 7.34. The maximum absolute atomic E-state index is 14.5. The highest BCUT2D eigenvalue weighted by Gasteiger charge is 2.12. The summed E-state index contributed by atoms with van der Waals surface area (Å²) in [5, 5.41) is 0.906. The maximum atomic E-state index is 14.5. The van der Waals surface area contributed by atoms with Gasteiger partial charge in [-0.25, -0.2) is 4.39 Å². The molecule has 0 unspecified atom stereocenters. The monoisotopic (exact) mass is 376 g/mol. The van der Waals surface area contributed by atoms with Crippen LogP contribution in [-0.2, 0) is 6.42 Å². The van der Waals surface area contributed by atoms with Crippen molar-refractivity contribution in [1.29, 1.82) is 0 Å². The van der Waals surface area contributed by atoms with E-state index >= 15 is 0 Å². The van der Waals surface area contributed by atoms with Gasteiger partial charge in [-0.2, -0.15) is 0 Å². The van der Waals surface area contributed by atoms with E-state index in [0.29, 0.717) is 4.70 Å². The highest BCUT2D eigenvalue weighted by molar-refractivity contribution is 7.22. The molecule has 0 bridgehead atoms. The van der Waals surface area contributed by atoms with Crippen molar-refractivity contribution in [1.82, 2.24) is 0 Å². The number of hydrogen-bond acceptors (Lipinski definition) is 2. The van der Waals surface area contributed by atoms with Crippen molar-refractivity contribution in [3.63, 3.8) is 0 Å². The number of ether oxygens (including phenoxy) is 1. The van der Waals surface area contributed by atoms with Crippen LogP contribution in [0.5, 0.6) is 5.75 Å². The number of halogens is 1. The lowest BCUT2D eigenvalue weighted by Gasteiger charge is -2.05. The smallest absolute Gasteiger partial charge is 0.182 e. The van der Waals surface area contributed by atoms with Crippen LogP contribution in [0, 0.1) is 5.82 Å². The molecule has 0 spiro atoms. The van der Waals surface area contributed by atoms with Crippen molar-refractivity contribution < 1.29 is 9.13 Å². The van der Waals surface area contributed by atoms with E-state index in [1.165, 1.54) is 35.1 Å². The van der Waals surface area contributed by atoms with Crippen LogP contribution in [0.25, 0.3) is 31.7 Å². The Bertz CT molecular complexity index is 1060. The topological polar surface area (TPSA) is 9.23 Å². The minimum Gasteiger partial charge on any atom is -0.494 e. The third-order valence-corrected chi connectivity index (χ3v) is 6.00. The Kier molecular flexibility index (Phi) is 4.95. The molecule has 0 fully saturated rings. The van der Waals surface area contributed by atoms with Gasteiger partial charge in [-0.3, -0.25) is 0 Å². The van der Waals surface area contributed by atoms with Gasteiger partial charge in [-0.05, 0) is 52.3 Å². The Balaban J connectivity index is 1.64. The van der Waals surface area contributed by atoms with Crippen molar-refractivity contribution in [2.45, 2.75) is 19.8 Å². The van der Waals surface area contributed by atoms with Crippen molar-refractivity contribution in [3.8, 4) is 27.3 Å². The summed E-state index contributed by atoms with van der Waals surface area (Å²) in [6.07, 6.45) is 2.28. The van der Waals surface area contributed by atoms with E-state index in [0.717, 1.165) is 28.7 Å². The van der Waals surface area contributed by atoms with E-state index in [4.69, 9.17) is 4.74 Å². The van der Waals surface area contributed by atoms with Crippen LogP contribution in [0.3, 0.4) is 0 Å². The maximum Gasteiger partial charge on any atom is 0.182 e. The molecule has 136 valence electrons. The normalized spacial score (nSPS) is 11.1. The summed E-state index contributed by atoms with van der Waals surface area (Å²) in [5.74, 6) is 0.00723. The second-order valence-electron chi connectivity index (χ2n) is 6.64. The molecule has 0 aliphatic heterocycles. The summed E-state index contributed by atoms with van der Waals surface area (Å²) >= 11 is 1.46. The summed E-state index contributed by atoms with van der Waals surface area (Å²) in [7, 11) is 1.49. The molecule has 4 aromatic rings. The van der Waals surface area contributed by atoms with Crippen LogP contribution >= 0.6 is 11.3 Å². The van der Waals surface area contributed by atoms with Gasteiger partial charge < -0.3 is 4.74 Å². The zero-order valence-electron chi connectivity index (χ0n) is 15.5. The second kappa shape index (κ2) is 7.53. The lowest BCUT2D eigenvalue weighted by molar-refractivity contribution is 0.389. The fourth-order valence-electron chi connectivity index (χ4n) is 3.33. The molecule has 0 amide bonds. The fourth-order valence-corrected chi connectivity index (χ4v) is 4.43. The molecule has 1 nitrogen and oxygen atoms in total. The van der Waals surface area contributed by atoms with Gasteiger partial charge in [0, 0.05) is 4.88 Å². The van der Waals surface area contributed by atoms with Crippen molar-refractivity contribution in [2.75, 3.05) is 7.11 Å². The summed E-state index contributed by atoms with van der Waals surface area (Å²) < 4.78 is 20.2. The van der Waals surface area contributed by atoms with Gasteiger partial charge in [0.2, 0.25) is 0 Å². The zero-order chi connectivity index (χ0) is 18.8. The molecule has 0 radical (unpaired) electrons. The van der Waals surface area contributed by atoms with Crippen molar-refractivity contribution >= 4 is 21.4 Å². The van der Waals surface area contributed by atoms with Crippen LogP contribution in [-0.4, -0.2) is 7.11 Å². The van der Waals surface area contributed by atoms with E-state index in [-0.39, 0.29) is 11.6 Å². The lowest BCUT2D eigenvalue weighted by Crippen LogP contribution is -1.86. The molecule has 27 heavy (non-hydrogen) atoms. The molecule has 1 aromatic heterocycles. The fraction of sp³-hybridized carbons (Fsp3) is 0.167. The number of thiophene rings is 1. The van der Waals surface area contributed by atoms with Gasteiger partial charge in [0.15, 0.2) is 11.6 Å². The molecular weight excluding hydrogens is 355 g/mol. The Hall–Kier alpha value is -2.65. The standard InChI is InChI=1S/C24H21FOS/c1-3-4-16-5-7-17(8-6-16)18-9-11-19(12-10-18)22-15-20-13-14-21(26-2)23(25)24(20)27-22/h5-15H,3-4H2,1-2H3. The zero-order valence-corrected chi connectivity index (χ0v) is 16.3. The molecule has 3 aromatic carbocycles. The number of fused-ring (bicyclic) bond motifs is 1.